The van der Waals surface area contributed by atoms with Gasteiger partial charge in [-0.05, 0) is 48.5 Å². The molecule has 0 aliphatic rings. The molecular formula is C20H21N5O3S. The Morgan fingerprint density at radius 3 is 2.21 bits per heavy atom. The molecule has 9 heteroatoms. The Morgan fingerprint density at radius 2 is 1.62 bits per heavy atom. The number of amides is 2. The molecule has 0 saturated carbocycles. The second-order valence-corrected chi connectivity index (χ2v) is 7.13. The van der Waals surface area contributed by atoms with E-state index in [9.17, 15) is 9.59 Å². The molecule has 150 valence electrons. The Labute approximate surface area is 172 Å². The Morgan fingerprint density at radius 1 is 1.00 bits per heavy atom. The van der Waals surface area contributed by atoms with Gasteiger partial charge in [0.2, 0.25) is 11.8 Å². The molecule has 1 heterocycles. The number of rotatable bonds is 7. The molecule has 2 N–H and O–H groups in total. The highest BCUT2D eigenvalue weighted by Crippen LogP contribution is 2.24. The maximum Gasteiger partial charge on any atom is 0.234 e. The van der Waals surface area contributed by atoms with Crippen LogP contribution in [0.2, 0.25) is 0 Å². The van der Waals surface area contributed by atoms with Crippen molar-refractivity contribution in [2.24, 2.45) is 7.05 Å². The van der Waals surface area contributed by atoms with Crippen LogP contribution in [0.4, 0.5) is 11.4 Å². The SMILES string of the molecule is COc1ccc(-c2nnc(SCC(=O)Nc3ccc(NC(C)=O)cc3)n2C)cc1. The predicted octanol–water partition coefficient (Wildman–Crippen LogP) is 3.18. The lowest BCUT2D eigenvalue weighted by atomic mass is 10.2. The van der Waals surface area contributed by atoms with Gasteiger partial charge in [0.1, 0.15) is 5.75 Å². The summed E-state index contributed by atoms with van der Waals surface area (Å²) in [5.41, 5.74) is 2.24. The highest BCUT2D eigenvalue weighted by molar-refractivity contribution is 7.99. The van der Waals surface area contributed by atoms with Crippen LogP contribution < -0.4 is 15.4 Å². The van der Waals surface area contributed by atoms with Crippen molar-refractivity contribution in [2.45, 2.75) is 12.1 Å². The van der Waals surface area contributed by atoms with E-state index >= 15 is 0 Å². The second kappa shape index (κ2) is 9.24. The van der Waals surface area contributed by atoms with Gasteiger partial charge in [-0.15, -0.1) is 10.2 Å². The molecule has 8 nitrogen and oxygen atoms in total. The molecule has 0 saturated heterocycles. The molecular weight excluding hydrogens is 390 g/mol. The summed E-state index contributed by atoms with van der Waals surface area (Å²) >= 11 is 1.30. The third kappa shape index (κ3) is 5.35. The average Bonchev–Trinajstić information content (AvgIpc) is 3.08. The van der Waals surface area contributed by atoms with E-state index < -0.39 is 0 Å². The van der Waals surface area contributed by atoms with Crippen molar-refractivity contribution in [1.29, 1.82) is 0 Å². The number of carbonyl (C=O) groups excluding carboxylic acids is 2. The van der Waals surface area contributed by atoms with Crippen LogP contribution in [0, 0.1) is 0 Å². The normalized spacial score (nSPS) is 10.4. The predicted molar refractivity (Wildman–Crippen MR) is 113 cm³/mol. The summed E-state index contributed by atoms with van der Waals surface area (Å²) in [7, 11) is 3.48. The minimum atomic E-state index is -0.156. The zero-order chi connectivity index (χ0) is 20.8. The molecule has 0 atom stereocenters. The van der Waals surface area contributed by atoms with Gasteiger partial charge in [0, 0.05) is 30.9 Å². The van der Waals surface area contributed by atoms with Gasteiger partial charge in [-0.25, -0.2) is 0 Å². The largest absolute Gasteiger partial charge is 0.497 e. The number of hydrogen-bond donors (Lipinski definition) is 2. The molecule has 2 aromatic carbocycles. The van der Waals surface area contributed by atoms with Crippen molar-refractivity contribution in [3.63, 3.8) is 0 Å². The van der Waals surface area contributed by atoms with Gasteiger partial charge in [0.25, 0.3) is 0 Å². The van der Waals surface area contributed by atoms with E-state index in [-0.39, 0.29) is 17.6 Å². The molecule has 3 rings (SSSR count). The van der Waals surface area contributed by atoms with Gasteiger partial charge in [-0.2, -0.15) is 0 Å². The smallest absolute Gasteiger partial charge is 0.234 e. The van der Waals surface area contributed by atoms with Crippen LogP contribution in [0.3, 0.4) is 0 Å². The van der Waals surface area contributed by atoms with Crippen LogP contribution in [-0.4, -0.2) is 39.4 Å². The Kier molecular flexibility index (Phi) is 6.50. The quantitative estimate of drug-likeness (QED) is 0.580. The Bertz CT molecular complexity index is 1000. The second-order valence-electron chi connectivity index (χ2n) is 6.19. The Hall–Kier alpha value is -3.33. The minimum absolute atomic E-state index is 0.143. The van der Waals surface area contributed by atoms with Crippen LogP contribution in [0.15, 0.2) is 53.7 Å². The van der Waals surface area contributed by atoms with Crippen LogP contribution >= 0.6 is 11.8 Å². The summed E-state index contributed by atoms with van der Waals surface area (Å²) in [5.74, 6) is 1.38. The lowest BCUT2D eigenvalue weighted by Gasteiger charge is -2.07. The van der Waals surface area contributed by atoms with Crippen LogP contribution in [-0.2, 0) is 16.6 Å². The number of aromatic nitrogens is 3. The van der Waals surface area contributed by atoms with Crippen molar-refractivity contribution in [3.05, 3.63) is 48.5 Å². The average molecular weight is 411 g/mol. The summed E-state index contributed by atoms with van der Waals surface area (Å²) in [6.07, 6.45) is 0. The molecule has 2 amide bonds. The van der Waals surface area contributed by atoms with Crippen molar-refractivity contribution in [3.8, 4) is 17.1 Å². The summed E-state index contributed by atoms with van der Waals surface area (Å²) in [6.45, 7) is 1.44. The molecule has 29 heavy (non-hydrogen) atoms. The molecule has 0 radical (unpaired) electrons. The maximum absolute atomic E-state index is 12.2. The summed E-state index contributed by atoms with van der Waals surface area (Å²) in [6, 6.07) is 14.5. The molecule has 0 bridgehead atoms. The number of nitrogens with one attached hydrogen (secondary N) is 2. The van der Waals surface area contributed by atoms with E-state index in [2.05, 4.69) is 20.8 Å². The summed E-state index contributed by atoms with van der Waals surface area (Å²) < 4.78 is 7.02. The van der Waals surface area contributed by atoms with Crippen LogP contribution in [0.25, 0.3) is 11.4 Å². The molecule has 0 spiro atoms. The molecule has 0 aliphatic carbocycles. The van der Waals surface area contributed by atoms with E-state index in [0.29, 0.717) is 22.4 Å². The number of hydrogen-bond acceptors (Lipinski definition) is 6. The number of carbonyl (C=O) groups is 2. The minimum Gasteiger partial charge on any atom is -0.497 e. The highest BCUT2D eigenvalue weighted by Gasteiger charge is 2.13. The van der Waals surface area contributed by atoms with Gasteiger partial charge in [0.05, 0.1) is 12.9 Å². The lowest BCUT2D eigenvalue weighted by Crippen LogP contribution is -2.14. The summed E-state index contributed by atoms with van der Waals surface area (Å²) in [5, 5.41) is 14.5. The van der Waals surface area contributed by atoms with Crippen molar-refractivity contribution in [2.75, 3.05) is 23.5 Å². The first kappa shape index (κ1) is 20.4. The lowest BCUT2D eigenvalue weighted by molar-refractivity contribution is -0.114. The fourth-order valence-corrected chi connectivity index (χ4v) is 3.31. The number of benzene rings is 2. The third-order valence-electron chi connectivity index (χ3n) is 4.00. The van der Waals surface area contributed by atoms with Gasteiger partial charge < -0.3 is 19.9 Å². The maximum atomic E-state index is 12.2. The number of thioether (sulfide) groups is 1. The standard InChI is InChI=1S/C20H21N5O3S/c1-13(26)21-15-6-8-16(9-7-15)22-18(27)12-29-20-24-23-19(25(20)2)14-4-10-17(28-3)11-5-14/h4-11H,12H2,1-3H3,(H,21,26)(H,22,27). The monoisotopic (exact) mass is 411 g/mol. The highest BCUT2D eigenvalue weighted by atomic mass is 32.2. The van der Waals surface area contributed by atoms with E-state index in [1.165, 1.54) is 18.7 Å². The zero-order valence-electron chi connectivity index (χ0n) is 16.3. The topological polar surface area (TPSA) is 98.1 Å². The van der Waals surface area contributed by atoms with Gasteiger partial charge in [-0.3, -0.25) is 9.59 Å². The van der Waals surface area contributed by atoms with E-state index in [4.69, 9.17) is 4.74 Å². The van der Waals surface area contributed by atoms with Gasteiger partial charge in [0.15, 0.2) is 11.0 Å². The first-order valence-corrected chi connectivity index (χ1v) is 9.79. The first-order valence-electron chi connectivity index (χ1n) is 8.80. The van der Waals surface area contributed by atoms with Gasteiger partial charge >= 0.3 is 0 Å². The third-order valence-corrected chi connectivity index (χ3v) is 5.02. The molecule has 0 fully saturated rings. The van der Waals surface area contributed by atoms with Gasteiger partial charge in [-0.1, -0.05) is 11.8 Å². The van der Waals surface area contributed by atoms with Crippen molar-refractivity contribution < 1.29 is 14.3 Å². The first-order chi connectivity index (χ1) is 14.0. The Balaban J connectivity index is 1.57. The zero-order valence-corrected chi connectivity index (χ0v) is 17.1. The van der Waals surface area contributed by atoms with Crippen LogP contribution in [0.1, 0.15) is 6.92 Å². The number of methoxy groups -OCH3 is 1. The molecule has 0 unspecified atom stereocenters. The van der Waals surface area contributed by atoms with Crippen LogP contribution in [0.5, 0.6) is 5.75 Å². The number of nitrogens with zero attached hydrogens (tertiary/aromatic N) is 3. The molecule has 3 aromatic rings. The fraction of sp³-hybridized carbons (Fsp3) is 0.200. The van der Waals surface area contributed by atoms with E-state index in [1.807, 2.05) is 35.9 Å². The number of ether oxygens (including phenoxy) is 1. The van der Waals surface area contributed by atoms with Crippen molar-refractivity contribution in [1.82, 2.24) is 14.8 Å². The van der Waals surface area contributed by atoms with E-state index in [0.717, 1.165) is 11.3 Å². The molecule has 1 aromatic heterocycles. The number of anilines is 2. The fourth-order valence-electron chi connectivity index (χ4n) is 2.60. The van der Waals surface area contributed by atoms with Crippen molar-refractivity contribution >= 4 is 35.0 Å². The summed E-state index contributed by atoms with van der Waals surface area (Å²) in [4.78, 5) is 23.3. The van der Waals surface area contributed by atoms with E-state index in [1.54, 1.807) is 31.4 Å². The molecule has 0 aliphatic heterocycles.